The largest absolute Gasteiger partial charge is 0.321 e. The lowest BCUT2D eigenvalue weighted by Gasteiger charge is -2.08. The van der Waals surface area contributed by atoms with Gasteiger partial charge in [-0.3, -0.25) is 4.79 Å². The van der Waals surface area contributed by atoms with Crippen molar-refractivity contribution in [1.82, 2.24) is 9.97 Å². The predicted octanol–water partition coefficient (Wildman–Crippen LogP) is 5.64. The quantitative estimate of drug-likeness (QED) is 0.442. The molecule has 0 radical (unpaired) electrons. The van der Waals surface area contributed by atoms with Crippen molar-refractivity contribution < 1.29 is 4.79 Å². The highest BCUT2D eigenvalue weighted by atomic mass is 35.5. The number of carbonyl (C=O) groups excluding carboxylic acids is 1. The first kappa shape index (κ1) is 18.7. The van der Waals surface area contributed by atoms with Crippen LogP contribution >= 0.6 is 35.0 Å². The summed E-state index contributed by atoms with van der Waals surface area (Å²) in [4.78, 5) is 21.0. The van der Waals surface area contributed by atoms with Crippen LogP contribution in [0.5, 0.6) is 0 Å². The van der Waals surface area contributed by atoms with Gasteiger partial charge in [-0.15, -0.1) is 0 Å². The van der Waals surface area contributed by atoms with Gasteiger partial charge in [-0.05, 0) is 36.8 Å². The van der Waals surface area contributed by atoms with E-state index in [0.29, 0.717) is 21.6 Å². The summed E-state index contributed by atoms with van der Waals surface area (Å²) in [5, 5.41) is 4.05. The summed E-state index contributed by atoms with van der Waals surface area (Å²) in [6, 6.07) is 15.0. The van der Waals surface area contributed by atoms with Crippen molar-refractivity contribution in [2.24, 2.45) is 0 Å². The molecule has 0 saturated carbocycles. The van der Waals surface area contributed by atoms with Gasteiger partial charge in [0, 0.05) is 16.5 Å². The first-order valence-electron chi connectivity index (χ1n) is 7.79. The summed E-state index contributed by atoms with van der Waals surface area (Å²) < 4.78 is 0. The third-order valence-electron chi connectivity index (χ3n) is 3.49. The zero-order valence-corrected chi connectivity index (χ0v) is 16.2. The molecule has 0 saturated heterocycles. The Hall–Kier alpha value is -2.08. The van der Waals surface area contributed by atoms with Crippen molar-refractivity contribution in [2.75, 3.05) is 5.32 Å². The van der Waals surface area contributed by atoms with E-state index in [4.69, 9.17) is 23.2 Å². The molecule has 0 atom stereocenters. The van der Waals surface area contributed by atoms with E-state index in [9.17, 15) is 4.79 Å². The topological polar surface area (TPSA) is 54.9 Å². The number of aryl methyl sites for hydroxylation is 1. The summed E-state index contributed by atoms with van der Waals surface area (Å²) in [6.45, 7) is 2.05. The second-order valence-corrected chi connectivity index (χ2v) is 7.37. The van der Waals surface area contributed by atoms with Crippen LogP contribution in [-0.4, -0.2) is 15.9 Å². The van der Waals surface area contributed by atoms with Gasteiger partial charge in [-0.2, -0.15) is 0 Å². The van der Waals surface area contributed by atoms with E-state index in [0.717, 1.165) is 0 Å². The molecule has 1 amide bonds. The number of thioether (sulfide) groups is 1. The van der Waals surface area contributed by atoms with Crippen LogP contribution < -0.4 is 5.32 Å². The van der Waals surface area contributed by atoms with Crippen LogP contribution in [0.1, 0.15) is 21.6 Å². The van der Waals surface area contributed by atoms with E-state index >= 15 is 0 Å². The zero-order chi connectivity index (χ0) is 18.5. The Morgan fingerprint density at radius 2 is 1.92 bits per heavy atom. The zero-order valence-electron chi connectivity index (χ0n) is 13.9. The summed E-state index contributed by atoms with van der Waals surface area (Å²) in [7, 11) is 0. The Labute approximate surface area is 166 Å². The van der Waals surface area contributed by atoms with Gasteiger partial charge in [0.2, 0.25) is 0 Å². The van der Waals surface area contributed by atoms with Gasteiger partial charge in [-0.1, -0.05) is 64.8 Å². The molecule has 0 aliphatic rings. The van der Waals surface area contributed by atoms with Crippen LogP contribution in [0.15, 0.2) is 59.9 Å². The molecule has 0 unspecified atom stereocenters. The molecule has 4 nitrogen and oxygen atoms in total. The summed E-state index contributed by atoms with van der Waals surface area (Å²) in [5.41, 5.74) is 3.12. The maximum Gasteiger partial charge on any atom is 0.275 e. The van der Waals surface area contributed by atoms with Crippen LogP contribution in [0.4, 0.5) is 5.69 Å². The average molecular weight is 404 g/mol. The lowest BCUT2D eigenvalue weighted by molar-refractivity contribution is 0.102. The van der Waals surface area contributed by atoms with Crippen LogP contribution in [-0.2, 0) is 5.75 Å². The van der Waals surface area contributed by atoms with Crippen molar-refractivity contribution >= 4 is 46.6 Å². The number of aromatic nitrogens is 2. The smallest absolute Gasteiger partial charge is 0.275 e. The highest BCUT2D eigenvalue weighted by Gasteiger charge is 2.15. The van der Waals surface area contributed by atoms with E-state index < -0.39 is 5.91 Å². The Morgan fingerprint density at radius 1 is 1.15 bits per heavy atom. The van der Waals surface area contributed by atoms with E-state index in [-0.39, 0.29) is 10.7 Å². The van der Waals surface area contributed by atoms with Crippen LogP contribution in [0.25, 0.3) is 0 Å². The van der Waals surface area contributed by atoms with Crippen molar-refractivity contribution in [1.29, 1.82) is 0 Å². The molecule has 1 heterocycles. The number of amides is 1. The number of carbonyl (C=O) groups is 1. The molecule has 0 fully saturated rings. The SMILES string of the molecule is Cc1cccc(CSc2ncc(Cl)c(C(=O)Nc3ccc(Cl)cc3)n2)c1. The third-order valence-corrected chi connectivity index (χ3v) is 4.95. The minimum atomic E-state index is -0.392. The number of anilines is 1. The van der Waals surface area contributed by atoms with E-state index in [1.165, 1.54) is 29.1 Å². The molecule has 26 heavy (non-hydrogen) atoms. The molecule has 3 rings (SSSR count). The lowest BCUT2D eigenvalue weighted by atomic mass is 10.2. The Balaban J connectivity index is 1.72. The van der Waals surface area contributed by atoms with Gasteiger partial charge in [0.15, 0.2) is 10.9 Å². The van der Waals surface area contributed by atoms with Gasteiger partial charge < -0.3 is 5.32 Å². The van der Waals surface area contributed by atoms with Gasteiger partial charge in [0.25, 0.3) is 5.91 Å². The molecular formula is C19H15Cl2N3OS. The third kappa shape index (κ3) is 4.97. The van der Waals surface area contributed by atoms with Crippen molar-refractivity contribution in [3.63, 3.8) is 0 Å². The maximum absolute atomic E-state index is 12.5. The first-order valence-corrected chi connectivity index (χ1v) is 9.53. The van der Waals surface area contributed by atoms with Crippen molar-refractivity contribution in [3.05, 3.63) is 81.6 Å². The standard InChI is InChI=1S/C19H15Cl2N3OS/c1-12-3-2-4-13(9-12)11-26-19-22-10-16(21)17(24-19)18(25)23-15-7-5-14(20)6-8-15/h2-10H,11H2,1H3,(H,23,25). The molecule has 132 valence electrons. The molecular weight excluding hydrogens is 389 g/mol. The predicted molar refractivity (Wildman–Crippen MR) is 107 cm³/mol. The fourth-order valence-corrected chi connectivity index (χ4v) is 3.31. The van der Waals surface area contributed by atoms with Gasteiger partial charge in [-0.25, -0.2) is 9.97 Å². The second kappa shape index (κ2) is 8.54. The molecule has 0 bridgehead atoms. The summed E-state index contributed by atoms with van der Waals surface area (Å²) in [5.74, 6) is 0.318. The maximum atomic E-state index is 12.5. The fourth-order valence-electron chi connectivity index (χ4n) is 2.25. The number of nitrogens with one attached hydrogen (secondary N) is 1. The summed E-state index contributed by atoms with van der Waals surface area (Å²) >= 11 is 13.4. The molecule has 0 aliphatic carbocycles. The minimum Gasteiger partial charge on any atom is -0.321 e. The minimum absolute atomic E-state index is 0.142. The molecule has 3 aromatic rings. The van der Waals surface area contributed by atoms with Gasteiger partial charge >= 0.3 is 0 Å². The van der Waals surface area contributed by atoms with E-state index in [1.807, 2.05) is 25.1 Å². The highest BCUT2D eigenvalue weighted by molar-refractivity contribution is 7.98. The summed E-state index contributed by atoms with van der Waals surface area (Å²) in [6.07, 6.45) is 1.45. The highest BCUT2D eigenvalue weighted by Crippen LogP contribution is 2.23. The second-order valence-electron chi connectivity index (χ2n) is 5.59. The lowest BCUT2D eigenvalue weighted by Crippen LogP contribution is -2.15. The number of rotatable bonds is 5. The van der Waals surface area contributed by atoms with Crippen LogP contribution in [0.3, 0.4) is 0 Å². The average Bonchev–Trinajstić information content (AvgIpc) is 2.63. The number of benzene rings is 2. The van der Waals surface area contributed by atoms with Crippen LogP contribution in [0, 0.1) is 6.92 Å². The molecule has 0 spiro atoms. The van der Waals surface area contributed by atoms with Crippen LogP contribution in [0.2, 0.25) is 10.0 Å². The normalized spacial score (nSPS) is 10.6. The number of hydrogen-bond donors (Lipinski definition) is 1. The van der Waals surface area contributed by atoms with Crippen molar-refractivity contribution in [3.8, 4) is 0 Å². The monoisotopic (exact) mass is 403 g/mol. The van der Waals surface area contributed by atoms with E-state index in [2.05, 4.69) is 21.4 Å². The molecule has 2 aromatic carbocycles. The van der Waals surface area contributed by atoms with Crippen molar-refractivity contribution in [2.45, 2.75) is 17.8 Å². The molecule has 0 aliphatic heterocycles. The number of nitrogens with zero attached hydrogens (tertiary/aromatic N) is 2. The Kier molecular flexibility index (Phi) is 6.14. The molecule has 1 N–H and O–H groups in total. The van der Waals surface area contributed by atoms with E-state index in [1.54, 1.807) is 24.3 Å². The number of hydrogen-bond acceptors (Lipinski definition) is 4. The Bertz CT molecular complexity index is 932. The fraction of sp³-hybridized carbons (Fsp3) is 0.105. The molecule has 7 heteroatoms. The Morgan fingerprint density at radius 3 is 2.65 bits per heavy atom. The van der Waals surface area contributed by atoms with Gasteiger partial charge in [0.1, 0.15) is 0 Å². The van der Waals surface area contributed by atoms with Gasteiger partial charge in [0.05, 0.1) is 11.2 Å². The molecule has 1 aromatic heterocycles. The first-order chi connectivity index (χ1) is 12.5. The number of halogens is 2.